The summed E-state index contributed by atoms with van der Waals surface area (Å²) in [7, 11) is 3.39. The number of para-hydroxylation sites is 1. The molecule has 2 N–H and O–H groups in total. The third-order valence-electron chi connectivity index (χ3n) is 4.14. The summed E-state index contributed by atoms with van der Waals surface area (Å²) in [5.74, 6) is 3.28. The highest BCUT2D eigenvalue weighted by atomic mass is 16.5. The molecule has 6 nitrogen and oxygen atoms in total. The summed E-state index contributed by atoms with van der Waals surface area (Å²) in [5, 5.41) is 6.54. The Kier molecular flexibility index (Phi) is 6.19. The van der Waals surface area contributed by atoms with Gasteiger partial charge in [0.05, 0.1) is 20.2 Å². The smallest absolute Gasteiger partial charge is 0.191 e. The lowest BCUT2D eigenvalue weighted by Crippen LogP contribution is -2.43. The van der Waals surface area contributed by atoms with Crippen LogP contribution in [0.2, 0.25) is 0 Å². The normalized spacial score (nSPS) is 15.8. The maximum atomic E-state index is 5.93. The van der Waals surface area contributed by atoms with Crippen LogP contribution in [0.5, 0.6) is 17.2 Å². The summed E-state index contributed by atoms with van der Waals surface area (Å²) in [6.07, 6.45) is 1.04. The number of ether oxygens (including phenoxy) is 3. The van der Waals surface area contributed by atoms with E-state index in [0.29, 0.717) is 19.7 Å². The van der Waals surface area contributed by atoms with Crippen molar-refractivity contribution in [2.75, 3.05) is 33.9 Å². The van der Waals surface area contributed by atoms with E-state index in [4.69, 9.17) is 14.2 Å². The maximum Gasteiger partial charge on any atom is 0.191 e. The SMILES string of the molecule is CN=C(NCCOc1cccc(OC)c1)NCC1Cc2ccccc2O1. The minimum absolute atomic E-state index is 0.124. The van der Waals surface area contributed by atoms with Crippen LogP contribution in [0, 0.1) is 0 Å². The topological polar surface area (TPSA) is 64.1 Å². The molecule has 0 bridgehead atoms. The zero-order chi connectivity index (χ0) is 18.2. The summed E-state index contributed by atoms with van der Waals surface area (Å²) in [6, 6.07) is 15.7. The molecule has 26 heavy (non-hydrogen) atoms. The van der Waals surface area contributed by atoms with E-state index >= 15 is 0 Å². The van der Waals surface area contributed by atoms with Crippen molar-refractivity contribution in [2.24, 2.45) is 4.99 Å². The summed E-state index contributed by atoms with van der Waals surface area (Å²) < 4.78 is 16.8. The van der Waals surface area contributed by atoms with Crippen LogP contribution in [-0.2, 0) is 6.42 Å². The molecule has 0 fully saturated rings. The van der Waals surface area contributed by atoms with Crippen molar-refractivity contribution in [1.29, 1.82) is 0 Å². The second-order valence-corrected chi connectivity index (χ2v) is 5.96. The van der Waals surface area contributed by atoms with Crippen molar-refractivity contribution in [2.45, 2.75) is 12.5 Å². The van der Waals surface area contributed by atoms with Gasteiger partial charge < -0.3 is 24.8 Å². The zero-order valence-corrected chi connectivity index (χ0v) is 15.2. The van der Waals surface area contributed by atoms with E-state index in [-0.39, 0.29) is 6.10 Å². The van der Waals surface area contributed by atoms with Crippen LogP contribution < -0.4 is 24.8 Å². The predicted octanol–water partition coefficient (Wildman–Crippen LogP) is 2.24. The maximum absolute atomic E-state index is 5.93. The van der Waals surface area contributed by atoms with E-state index in [1.165, 1.54) is 5.56 Å². The molecule has 1 aliphatic heterocycles. The van der Waals surface area contributed by atoms with Crippen LogP contribution in [0.1, 0.15) is 5.56 Å². The molecule has 3 rings (SSSR count). The fourth-order valence-corrected chi connectivity index (χ4v) is 2.83. The Morgan fingerprint density at radius 3 is 2.81 bits per heavy atom. The number of methoxy groups -OCH3 is 1. The Morgan fingerprint density at radius 1 is 1.15 bits per heavy atom. The largest absolute Gasteiger partial charge is 0.497 e. The first-order valence-electron chi connectivity index (χ1n) is 8.74. The average molecular weight is 355 g/mol. The summed E-state index contributed by atoms with van der Waals surface area (Å²) in [5.41, 5.74) is 1.26. The van der Waals surface area contributed by atoms with Gasteiger partial charge in [0.15, 0.2) is 5.96 Å². The average Bonchev–Trinajstić information content (AvgIpc) is 3.10. The fourth-order valence-electron chi connectivity index (χ4n) is 2.83. The van der Waals surface area contributed by atoms with E-state index in [2.05, 4.69) is 21.7 Å². The molecule has 0 radical (unpaired) electrons. The summed E-state index contributed by atoms with van der Waals surface area (Å²) >= 11 is 0. The lowest BCUT2D eigenvalue weighted by Gasteiger charge is -2.16. The molecular formula is C20H25N3O3. The number of hydrogen-bond acceptors (Lipinski definition) is 4. The fraction of sp³-hybridized carbons (Fsp3) is 0.350. The second-order valence-electron chi connectivity index (χ2n) is 5.96. The molecule has 0 saturated heterocycles. The van der Waals surface area contributed by atoms with Gasteiger partial charge in [-0.15, -0.1) is 0 Å². The molecule has 1 aliphatic rings. The molecular weight excluding hydrogens is 330 g/mol. The van der Waals surface area contributed by atoms with Gasteiger partial charge in [-0.25, -0.2) is 0 Å². The van der Waals surface area contributed by atoms with Crippen molar-refractivity contribution >= 4 is 5.96 Å². The summed E-state index contributed by atoms with van der Waals surface area (Å²) in [4.78, 5) is 4.23. The molecule has 0 saturated carbocycles. The third-order valence-corrected chi connectivity index (χ3v) is 4.14. The molecule has 1 heterocycles. The lowest BCUT2D eigenvalue weighted by atomic mass is 10.1. The Balaban J connectivity index is 1.36. The Hall–Kier alpha value is -2.89. The highest BCUT2D eigenvalue weighted by molar-refractivity contribution is 5.79. The van der Waals surface area contributed by atoms with Gasteiger partial charge >= 0.3 is 0 Å². The highest BCUT2D eigenvalue weighted by Crippen LogP contribution is 2.27. The van der Waals surface area contributed by atoms with E-state index in [1.54, 1.807) is 14.2 Å². The van der Waals surface area contributed by atoms with Gasteiger partial charge in [-0.05, 0) is 23.8 Å². The quantitative estimate of drug-likeness (QED) is 0.453. The minimum atomic E-state index is 0.124. The monoisotopic (exact) mass is 355 g/mol. The molecule has 0 aromatic heterocycles. The highest BCUT2D eigenvalue weighted by Gasteiger charge is 2.22. The number of nitrogens with zero attached hydrogens (tertiary/aromatic N) is 1. The zero-order valence-electron chi connectivity index (χ0n) is 15.2. The van der Waals surface area contributed by atoms with E-state index in [9.17, 15) is 0 Å². The number of nitrogens with one attached hydrogen (secondary N) is 2. The van der Waals surface area contributed by atoms with Crippen LogP contribution in [0.25, 0.3) is 0 Å². The van der Waals surface area contributed by atoms with E-state index in [1.807, 2.05) is 42.5 Å². The van der Waals surface area contributed by atoms with Crippen molar-refractivity contribution < 1.29 is 14.2 Å². The number of rotatable bonds is 7. The number of guanidine groups is 1. The summed E-state index contributed by atoms with van der Waals surface area (Å²) in [6.45, 7) is 1.87. The van der Waals surface area contributed by atoms with Crippen molar-refractivity contribution in [3.8, 4) is 17.2 Å². The standard InChI is InChI=1S/C20H25N3O3/c1-21-20(22-10-11-25-17-8-5-7-16(13-17)24-2)23-14-18-12-15-6-3-4-9-19(15)26-18/h3-9,13,18H,10-12,14H2,1-2H3,(H2,21,22,23). The van der Waals surface area contributed by atoms with E-state index in [0.717, 1.165) is 29.6 Å². The van der Waals surface area contributed by atoms with Crippen molar-refractivity contribution in [3.05, 3.63) is 54.1 Å². The molecule has 2 aromatic rings. The third kappa shape index (κ3) is 4.81. The first kappa shape index (κ1) is 17.9. The van der Waals surface area contributed by atoms with Gasteiger partial charge in [-0.2, -0.15) is 0 Å². The first-order valence-corrected chi connectivity index (χ1v) is 8.74. The van der Waals surface area contributed by atoms with Crippen LogP contribution in [0.4, 0.5) is 0 Å². The minimum Gasteiger partial charge on any atom is -0.497 e. The van der Waals surface area contributed by atoms with Crippen molar-refractivity contribution in [1.82, 2.24) is 10.6 Å². The molecule has 1 unspecified atom stereocenters. The molecule has 0 amide bonds. The van der Waals surface area contributed by atoms with Gasteiger partial charge in [0, 0.05) is 19.5 Å². The van der Waals surface area contributed by atoms with Gasteiger partial charge in [0.25, 0.3) is 0 Å². The molecule has 6 heteroatoms. The number of fused-ring (bicyclic) bond motifs is 1. The molecule has 2 aromatic carbocycles. The van der Waals surface area contributed by atoms with Crippen LogP contribution >= 0.6 is 0 Å². The molecule has 0 aliphatic carbocycles. The van der Waals surface area contributed by atoms with Crippen LogP contribution in [-0.4, -0.2) is 45.9 Å². The van der Waals surface area contributed by atoms with Gasteiger partial charge in [0.2, 0.25) is 0 Å². The number of benzene rings is 2. The molecule has 138 valence electrons. The van der Waals surface area contributed by atoms with Gasteiger partial charge in [0.1, 0.15) is 30.0 Å². The van der Waals surface area contributed by atoms with Crippen LogP contribution in [0.15, 0.2) is 53.5 Å². The van der Waals surface area contributed by atoms with Gasteiger partial charge in [-0.1, -0.05) is 24.3 Å². The Morgan fingerprint density at radius 2 is 2.00 bits per heavy atom. The Labute approximate surface area is 154 Å². The lowest BCUT2D eigenvalue weighted by molar-refractivity contribution is 0.234. The second kappa shape index (κ2) is 8.99. The Bertz CT molecular complexity index is 724. The van der Waals surface area contributed by atoms with Crippen molar-refractivity contribution in [3.63, 3.8) is 0 Å². The molecule has 1 atom stereocenters. The first-order chi connectivity index (χ1) is 12.8. The predicted molar refractivity (Wildman–Crippen MR) is 102 cm³/mol. The number of aliphatic imine (C=N–C) groups is 1. The molecule has 0 spiro atoms. The number of hydrogen-bond donors (Lipinski definition) is 2. The van der Waals surface area contributed by atoms with Gasteiger partial charge in [-0.3, -0.25) is 4.99 Å². The van der Waals surface area contributed by atoms with Crippen LogP contribution in [0.3, 0.4) is 0 Å². The van der Waals surface area contributed by atoms with E-state index < -0.39 is 0 Å².